The van der Waals surface area contributed by atoms with Crippen molar-refractivity contribution in [1.82, 2.24) is 14.9 Å². The SMILES string of the molecule is Cn1cccc(C(=O)NCC2CCCN(c3nccs3)C2)c1=O. The number of rotatable bonds is 4. The van der Waals surface area contributed by atoms with Crippen LogP contribution < -0.4 is 15.8 Å². The maximum Gasteiger partial charge on any atom is 0.263 e. The average molecular weight is 332 g/mol. The quantitative estimate of drug-likeness (QED) is 0.921. The number of thiazole rings is 1. The first-order valence-corrected chi connectivity index (χ1v) is 8.61. The van der Waals surface area contributed by atoms with Crippen LogP contribution in [0.4, 0.5) is 5.13 Å². The summed E-state index contributed by atoms with van der Waals surface area (Å²) in [5.41, 5.74) is -0.0688. The summed E-state index contributed by atoms with van der Waals surface area (Å²) in [6.45, 7) is 2.48. The van der Waals surface area contributed by atoms with E-state index in [-0.39, 0.29) is 17.0 Å². The Kier molecular flexibility index (Phi) is 4.76. The summed E-state index contributed by atoms with van der Waals surface area (Å²) in [5.74, 6) is 0.0849. The first-order chi connectivity index (χ1) is 11.1. The van der Waals surface area contributed by atoms with Gasteiger partial charge < -0.3 is 14.8 Å². The van der Waals surface area contributed by atoms with Crippen LogP contribution in [-0.2, 0) is 7.05 Å². The molecule has 0 bridgehead atoms. The molecule has 3 rings (SSSR count). The van der Waals surface area contributed by atoms with Gasteiger partial charge in [-0.05, 0) is 30.9 Å². The molecule has 1 amide bonds. The van der Waals surface area contributed by atoms with E-state index in [0.717, 1.165) is 31.1 Å². The fraction of sp³-hybridized carbons (Fsp3) is 0.438. The van der Waals surface area contributed by atoms with Crippen LogP contribution in [0.3, 0.4) is 0 Å². The minimum absolute atomic E-state index is 0.197. The molecule has 1 fully saturated rings. The lowest BCUT2D eigenvalue weighted by atomic mass is 9.98. The Balaban J connectivity index is 1.58. The normalized spacial score (nSPS) is 18.0. The molecule has 0 aliphatic carbocycles. The fourth-order valence-corrected chi connectivity index (χ4v) is 3.56. The zero-order chi connectivity index (χ0) is 16.2. The molecule has 0 aromatic carbocycles. The number of amides is 1. The van der Waals surface area contributed by atoms with E-state index in [1.54, 1.807) is 36.7 Å². The number of hydrogen-bond donors (Lipinski definition) is 1. The number of aryl methyl sites for hydroxylation is 1. The number of carbonyl (C=O) groups is 1. The molecule has 0 saturated carbocycles. The lowest BCUT2D eigenvalue weighted by Crippen LogP contribution is -2.42. The molecule has 1 saturated heterocycles. The lowest BCUT2D eigenvalue weighted by Gasteiger charge is -2.32. The van der Waals surface area contributed by atoms with Crippen LogP contribution in [0, 0.1) is 5.92 Å². The van der Waals surface area contributed by atoms with E-state index in [1.807, 2.05) is 11.6 Å². The van der Waals surface area contributed by atoms with Gasteiger partial charge in [-0.25, -0.2) is 4.98 Å². The van der Waals surface area contributed by atoms with Crippen LogP contribution >= 0.6 is 11.3 Å². The molecule has 23 heavy (non-hydrogen) atoms. The number of nitrogens with zero attached hydrogens (tertiary/aromatic N) is 3. The number of nitrogens with one attached hydrogen (secondary N) is 1. The second kappa shape index (κ2) is 6.95. The van der Waals surface area contributed by atoms with Gasteiger partial charge >= 0.3 is 0 Å². The number of anilines is 1. The van der Waals surface area contributed by atoms with Crippen LogP contribution in [-0.4, -0.2) is 35.1 Å². The smallest absolute Gasteiger partial charge is 0.263 e. The molecule has 1 atom stereocenters. The minimum Gasteiger partial charge on any atom is -0.352 e. The third kappa shape index (κ3) is 3.61. The minimum atomic E-state index is -0.294. The van der Waals surface area contributed by atoms with Gasteiger partial charge in [0.25, 0.3) is 11.5 Å². The molecule has 1 aliphatic rings. The first kappa shape index (κ1) is 15.7. The zero-order valence-electron chi connectivity index (χ0n) is 13.1. The van der Waals surface area contributed by atoms with Crippen molar-refractivity contribution in [2.24, 2.45) is 13.0 Å². The molecule has 7 heteroatoms. The van der Waals surface area contributed by atoms with Gasteiger partial charge in [0, 0.05) is 44.5 Å². The Morgan fingerprint density at radius 2 is 2.39 bits per heavy atom. The van der Waals surface area contributed by atoms with Gasteiger partial charge in [0.05, 0.1) is 0 Å². The molecule has 0 radical (unpaired) electrons. The van der Waals surface area contributed by atoms with Crippen molar-refractivity contribution >= 4 is 22.4 Å². The summed E-state index contributed by atoms with van der Waals surface area (Å²) in [5, 5.41) is 5.92. The number of aromatic nitrogens is 2. The summed E-state index contributed by atoms with van der Waals surface area (Å²) >= 11 is 1.64. The van der Waals surface area contributed by atoms with Gasteiger partial charge in [-0.15, -0.1) is 11.3 Å². The second-order valence-electron chi connectivity index (χ2n) is 5.82. The van der Waals surface area contributed by atoms with Crippen molar-refractivity contribution in [2.45, 2.75) is 12.8 Å². The highest BCUT2D eigenvalue weighted by Gasteiger charge is 2.22. The molecule has 0 spiro atoms. The Bertz CT molecular complexity index is 726. The highest BCUT2D eigenvalue weighted by molar-refractivity contribution is 7.13. The molecule has 2 aromatic rings. The van der Waals surface area contributed by atoms with Gasteiger partial charge in [-0.1, -0.05) is 0 Å². The van der Waals surface area contributed by atoms with Crippen LogP contribution in [0.2, 0.25) is 0 Å². The summed E-state index contributed by atoms with van der Waals surface area (Å²) in [7, 11) is 1.64. The Morgan fingerprint density at radius 3 is 3.17 bits per heavy atom. The van der Waals surface area contributed by atoms with Crippen molar-refractivity contribution in [3.8, 4) is 0 Å². The number of piperidine rings is 1. The molecular weight excluding hydrogens is 312 g/mol. The van der Waals surface area contributed by atoms with Crippen LogP contribution in [0.25, 0.3) is 0 Å². The summed E-state index contributed by atoms with van der Waals surface area (Å²) in [4.78, 5) is 30.8. The lowest BCUT2D eigenvalue weighted by molar-refractivity contribution is 0.0943. The van der Waals surface area contributed by atoms with Crippen LogP contribution in [0.5, 0.6) is 0 Å². The average Bonchev–Trinajstić information content (AvgIpc) is 3.10. The summed E-state index contributed by atoms with van der Waals surface area (Å²) < 4.78 is 1.42. The largest absolute Gasteiger partial charge is 0.352 e. The molecule has 122 valence electrons. The first-order valence-electron chi connectivity index (χ1n) is 7.73. The fourth-order valence-electron chi connectivity index (χ4n) is 2.88. The Labute approximate surface area is 138 Å². The molecule has 1 unspecified atom stereocenters. The van der Waals surface area contributed by atoms with Gasteiger partial charge in [0.2, 0.25) is 0 Å². The van der Waals surface area contributed by atoms with Crippen LogP contribution in [0.15, 0.2) is 34.7 Å². The predicted octanol–water partition coefficient (Wildman–Crippen LogP) is 1.49. The third-order valence-electron chi connectivity index (χ3n) is 4.13. The molecule has 1 N–H and O–H groups in total. The van der Waals surface area contributed by atoms with Crippen molar-refractivity contribution in [3.05, 3.63) is 45.8 Å². The maximum atomic E-state index is 12.2. The molecule has 2 aromatic heterocycles. The van der Waals surface area contributed by atoms with Gasteiger partial charge in [0.1, 0.15) is 5.56 Å². The molecular formula is C16H20N4O2S. The van der Waals surface area contributed by atoms with E-state index >= 15 is 0 Å². The van der Waals surface area contributed by atoms with Crippen molar-refractivity contribution < 1.29 is 4.79 Å². The van der Waals surface area contributed by atoms with E-state index in [9.17, 15) is 9.59 Å². The molecule has 6 nitrogen and oxygen atoms in total. The van der Waals surface area contributed by atoms with Crippen molar-refractivity contribution in [3.63, 3.8) is 0 Å². The molecule has 3 heterocycles. The second-order valence-corrected chi connectivity index (χ2v) is 6.69. The van der Waals surface area contributed by atoms with E-state index < -0.39 is 0 Å². The number of hydrogen-bond acceptors (Lipinski definition) is 5. The maximum absolute atomic E-state index is 12.2. The van der Waals surface area contributed by atoms with E-state index in [1.165, 1.54) is 4.57 Å². The standard InChI is InChI=1S/C16H20N4O2S/c1-19-7-3-5-13(15(19)22)14(21)18-10-12-4-2-8-20(11-12)16-17-6-9-23-16/h3,5-7,9,12H,2,4,8,10-11H2,1H3,(H,18,21). The van der Waals surface area contributed by atoms with Gasteiger partial charge in [-0.3, -0.25) is 9.59 Å². The molecule has 1 aliphatic heterocycles. The Hall–Kier alpha value is -2.15. The highest BCUT2D eigenvalue weighted by atomic mass is 32.1. The predicted molar refractivity (Wildman–Crippen MR) is 91.1 cm³/mol. The topological polar surface area (TPSA) is 67.2 Å². The van der Waals surface area contributed by atoms with Crippen LogP contribution in [0.1, 0.15) is 23.2 Å². The van der Waals surface area contributed by atoms with Crippen molar-refractivity contribution in [1.29, 1.82) is 0 Å². The van der Waals surface area contributed by atoms with E-state index in [4.69, 9.17) is 0 Å². The van der Waals surface area contributed by atoms with E-state index in [2.05, 4.69) is 15.2 Å². The highest BCUT2D eigenvalue weighted by Crippen LogP contribution is 2.24. The summed E-state index contributed by atoms with van der Waals surface area (Å²) in [6, 6.07) is 3.28. The zero-order valence-corrected chi connectivity index (χ0v) is 13.9. The summed E-state index contributed by atoms with van der Waals surface area (Å²) in [6.07, 6.45) is 5.63. The van der Waals surface area contributed by atoms with E-state index in [0.29, 0.717) is 12.5 Å². The Morgan fingerprint density at radius 1 is 1.52 bits per heavy atom. The van der Waals surface area contributed by atoms with Crippen molar-refractivity contribution in [2.75, 3.05) is 24.5 Å². The monoisotopic (exact) mass is 332 g/mol. The van der Waals surface area contributed by atoms with Gasteiger partial charge in [0.15, 0.2) is 5.13 Å². The number of pyridine rings is 1. The number of carbonyl (C=O) groups excluding carboxylic acids is 1. The third-order valence-corrected chi connectivity index (χ3v) is 4.96. The van der Waals surface area contributed by atoms with Gasteiger partial charge in [-0.2, -0.15) is 0 Å².